The van der Waals surface area contributed by atoms with Gasteiger partial charge in [-0.3, -0.25) is 9.80 Å². The number of piperazine rings is 1. The maximum atomic E-state index is 3.61. The van der Waals surface area contributed by atoms with E-state index in [4.69, 9.17) is 0 Å². The van der Waals surface area contributed by atoms with Crippen LogP contribution < -0.4 is 5.32 Å². The van der Waals surface area contributed by atoms with Crippen LogP contribution in [0.2, 0.25) is 0 Å². The molecule has 0 aromatic rings. The molecule has 0 radical (unpaired) electrons. The minimum absolute atomic E-state index is 0.584. The summed E-state index contributed by atoms with van der Waals surface area (Å²) >= 11 is 0. The molecule has 3 heteroatoms. The van der Waals surface area contributed by atoms with Crippen molar-refractivity contribution in [2.45, 2.75) is 59.7 Å². The number of rotatable bonds is 6. The van der Waals surface area contributed by atoms with Crippen molar-refractivity contribution in [3.63, 3.8) is 0 Å². The molecule has 0 spiro atoms. The van der Waals surface area contributed by atoms with E-state index in [1.54, 1.807) is 0 Å². The molecular formula is C15H33N3. The van der Waals surface area contributed by atoms with Crippen LogP contribution in [-0.2, 0) is 0 Å². The summed E-state index contributed by atoms with van der Waals surface area (Å²) < 4.78 is 0. The van der Waals surface area contributed by atoms with E-state index in [1.165, 1.54) is 26.2 Å². The highest BCUT2D eigenvalue weighted by Gasteiger charge is 2.28. The number of hydrogen-bond acceptors (Lipinski definition) is 3. The minimum atomic E-state index is 0.584. The van der Waals surface area contributed by atoms with E-state index in [-0.39, 0.29) is 0 Å². The molecule has 2 unspecified atom stereocenters. The Morgan fingerprint density at radius 1 is 1.17 bits per heavy atom. The molecule has 1 rings (SSSR count). The van der Waals surface area contributed by atoms with Crippen molar-refractivity contribution < 1.29 is 0 Å². The van der Waals surface area contributed by atoms with E-state index in [0.717, 1.165) is 12.5 Å². The zero-order valence-electron chi connectivity index (χ0n) is 13.2. The minimum Gasteiger partial charge on any atom is -0.313 e. The first-order chi connectivity index (χ1) is 8.45. The fraction of sp³-hybridized carbons (Fsp3) is 1.00. The molecule has 0 amide bonds. The molecule has 0 bridgehead atoms. The Labute approximate surface area is 114 Å². The average molecular weight is 255 g/mol. The van der Waals surface area contributed by atoms with E-state index >= 15 is 0 Å². The van der Waals surface area contributed by atoms with Gasteiger partial charge in [0.15, 0.2) is 0 Å². The summed E-state index contributed by atoms with van der Waals surface area (Å²) in [4.78, 5) is 5.28. The highest BCUT2D eigenvalue weighted by molar-refractivity contribution is 4.85. The molecule has 3 nitrogen and oxygen atoms in total. The normalized spacial score (nSPS) is 25.0. The van der Waals surface area contributed by atoms with E-state index in [2.05, 4.69) is 56.7 Å². The van der Waals surface area contributed by atoms with Gasteiger partial charge in [-0.15, -0.1) is 0 Å². The van der Waals surface area contributed by atoms with Crippen molar-refractivity contribution >= 4 is 0 Å². The fourth-order valence-corrected chi connectivity index (χ4v) is 2.94. The second-order valence-corrected chi connectivity index (χ2v) is 6.35. The molecule has 1 fully saturated rings. The molecule has 1 saturated heterocycles. The molecule has 0 aliphatic carbocycles. The van der Waals surface area contributed by atoms with Gasteiger partial charge in [-0.1, -0.05) is 34.6 Å². The molecule has 1 aliphatic rings. The van der Waals surface area contributed by atoms with E-state index in [1.807, 2.05) is 0 Å². The van der Waals surface area contributed by atoms with Gasteiger partial charge in [0, 0.05) is 44.3 Å². The summed E-state index contributed by atoms with van der Waals surface area (Å²) in [5, 5.41) is 3.61. The van der Waals surface area contributed by atoms with Gasteiger partial charge < -0.3 is 5.32 Å². The third-order valence-electron chi connectivity index (χ3n) is 4.18. The summed E-state index contributed by atoms with van der Waals surface area (Å²) in [7, 11) is 0. The first-order valence-electron chi connectivity index (χ1n) is 7.67. The largest absolute Gasteiger partial charge is 0.313 e. The summed E-state index contributed by atoms with van der Waals surface area (Å²) in [5.74, 6) is 0.719. The fourth-order valence-electron chi connectivity index (χ4n) is 2.94. The van der Waals surface area contributed by atoms with Crippen LogP contribution in [0.3, 0.4) is 0 Å². The lowest BCUT2D eigenvalue weighted by molar-refractivity contribution is 0.0431. The van der Waals surface area contributed by atoms with Crippen molar-refractivity contribution in [3.05, 3.63) is 0 Å². The summed E-state index contributed by atoms with van der Waals surface area (Å²) in [6.45, 7) is 19.8. The van der Waals surface area contributed by atoms with Crippen LogP contribution in [0.5, 0.6) is 0 Å². The van der Waals surface area contributed by atoms with Gasteiger partial charge in [-0.05, 0) is 19.4 Å². The van der Waals surface area contributed by atoms with Crippen LogP contribution in [0.15, 0.2) is 0 Å². The van der Waals surface area contributed by atoms with E-state index in [0.29, 0.717) is 18.1 Å². The molecule has 1 aliphatic heterocycles. The van der Waals surface area contributed by atoms with E-state index in [9.17, 15) is 0 Å². The van der Waals surface area contributed by atoms with Crippen LogP contribution in [0, 0.1) is 5.92 Å². The topological polar surface area (TPSA) is 18.5 Å². The second-order valence-electron chi connectivity index (χ2n) is 6.35. The molecule has 18 heavy (non-hydrogen) atoms. The maximum absolute atomic E-state index is 3.61. The number of hydrogen-bond donors (Lipinski definition) is 1. The van der Waals surface area contributed by atoms with E-state index < -0.39 is 0 Å². The maximum Gasteiger partial charge on any atom is 0.0244 e. The van der Waals surface area contributed by atoms with Gasteiger partial charge in [-0.25, -0.2) is 0 Å². The molecule has 108 valence electrons. The Hall–Kier alpha value is -0.120. The lowest BCUT2D eigenvalue weighted by atomic mass is 10.00. The van der Waals surface area contributed by atoms with Crippen LogP contribution in [0.1, 0.15) is 41.5 Å². The lowest BCUT2D eigenvalue weighted by Gasteiger charge is -2.44. The van der Waals surface area contributed by atoms with Crippen LogP contribution in [-0.4, -0.2) is 60.6 Å². The smallest absolute Gasteiger partial charge is 0.0244 e. The Morgan fingerprint density at radius 2 is 1.83 bits per heavy atom. The number of nitrogens with zero attached hydrogens (tertiary/aromatic N) is 2. The van der Waals surface area contributed by atoms with Crippen molar-refractivity contribution in [2.75, 3.05) is 32.7 Å². The van der Waals surface area contributed by atoms with Gasteiger partial charge >= 0.3 is 0 Å². The van der Waals surface area contributed by atoms with Crippen molar-refractivity contribution in [1.29, 1.82) is 0 Å². The monoisotopic (exact) mass is 255 g/mol. The van der Waals surface area contributed by atoms with Crippen LogP contribution in [0.25, 0.3) is 0 Å². The quantitative estimate of drug-likeness (QED) is 0.783. The highest BCUT2D eigenvalue weighted by atomic mass is 15.3. The summed E-state index contributed by atoms with van der Waals surface area (Å²) in [5.41, 5.74) is 0. The SMILES string of the molecule is CCN1CCN(C(CNC(C)C)C(C)C)CC1C. The van der Waals surface area contributed by atoms with Gasteiger partial charge in [0.25, 0.3) is 0 Å². The van der Waals surface area contributed by atoms with Gasteiger partial charge in [0.2, 0.25) is 0 Å². The van der Waals surface area contributed by atoms with Crippen molar-refractivity contribution in [1.82, 2.24) is 15.1 Å². The van der Waals surface area contributed by atoms with Crippen LogP contribution in [0.4, 0.5) is 0 Å². The number of likely N-dealkylation sites (N-methyl/N-ethyl adjacent to an activating group) is 1. The zero-order chi connectivity index (χ0) is 13.7. The van der Waals surface area contributed by atoms with Gasteiger partial charge in [0.05, 0.1) is 0 Å². The van der Waals surface area contributed by atoms with Gasteiger partial charge in [0.1, 0.15) is 0 Å². The predicted molar refractivity (Wildman–Crippen MR) is 80.0 cm³/mol. The van der Waals surface area contributed by atoms with Crippen LogP contribution >= 0.6 is 0 Å². The van der Waals surface area contributed by atoms with Crippen molar-refractivity contribution in [3.8, 4) is 0 Å². The highest BCUT2D eigenvalue weighted by Crippen LogP contribution is 2.16. The second kappa shape index (κ2) is 7.46. The number of nitrogens with one attached hydrogen (secondary N) is 1. The Balaban J connectivity index is 2.53. The standard InChI is InChI=1S/C15H33N3/c1-7-17-8-9-18(11-14(17)6)15(12(2)3)10-16-13(4)5/h12-16H,7-11H2,1-6H3. The molecule has 0 aromatic carbocycles. The van der Waals surface area contributed by atoms with Gasteiger partial charge in [-0.2, -0.15) is 0 Å². The molecular weight excluding hydrogens is 222 g/mol. The zero-order valence-corrected chi connectivity index (χ0v) is 13.2. The first kappa shape index (κ1) is 15.9. The average Bonchev–Trinajstić information content (AvgIpc) is 2.28. The third-order valence-corrected chi connectivity index (χ3v) is 4.18. The summed E-state index contributed by atoms with van der Waals surface area (Å²) in [6, 6.07) is 1.96. The molecule has 1 N–H and O–H groups in total. The Bertz CT molecular complexity index is 228. The molecule has 0 saturated carbocycles. The lowest BCUT2D eigenvalue weighted by Crippen LogP contribution is -2.58. The molecule has 0 aromatic heterocycles. The first-order valence-corrected chi connectivity index (χ1v) is 7.67. The third kappa shape index (κ3) is 4.52. The van der Waals surface area contributed by atoms with Crippen molar-refractivity contribution in [2.24, 2.45) is 5.92 Å². The molecule has 1 heterocycles. The predicted octanol–water partition coefficient (Wildman–Crippen LogP) is 2.03. The molecule has 2 atom stereocenters. The Kier molecular flexibility index (Phi) is 6.61. The summed E-state index contributed by atoms with van der Waals surface area (Å²) in [6.07, 6.45) is 0. The Morgan fingerprint density at radius 3 is 2.28 bits per heavy atom.